The van der Waals surface area contributed by atoms with Gasteiger partial charge in [0.15, 0.2) is 6.33 Å². The van der Waals surface area contributed by atoms with E-state index in [4.69, 9.17) is 9.94 Å². The van der Waals surface area contributed by atoms with Gasteiger partial charge in [0.2, 0.25) is 0 Å². The molecule has 0 spiro atoms. The fourth-order valence-electron chi connectivity index (χ4n) is 8.38. The van der Waals surface area contributed by atoms with E-state index in [2.05, 4.69) is 53.5 Å². The number of hydrazone groups is 1. The Hall–Kier alpha value is -5.86. The van der Waals surface area contributed by atoms with Crippen molar-refractivity contribution in [2.75, 3.05) is 73.1 Å². The van der Waals surface area contributed by atoms with Crippen LogP contribution < -0.4 is 11.0 Å². The molecular weight excluding hydrogens is 762 g/mol. The van der Waals surface area contributed by atoms with E-state index in [0.717, 1.165) is 11.1 Å². The van der Waals surface area contributed by atoms with Crippen molar-refractivity contribution < 1.29 is 33.4 Å². The average Bonchev–Trinajstić information content (AvgIpc) is 3.93. The Morgan fingerprint density at radius 3 is 2.22 bits per heavy atom. The number of benzene rings is 3. The number of piperazine rings is 1. The van der Waals surface area contributed by atoms with Crippen molar-refractivity contribution >= 4 is 23.9 Å². The predicted octanol–water partition coefficient (Wildman–Crippen LogP) is 2.70. The van der Waals surface area contributed by atoms with E-state index in [9.17, 15) is 18.8 Å². The Labute approximate surface area is 341 Å². The molecule has 18 nitrogen and oxygen atoms in total. The van der Waals surface area contributed by atoms with Crippen LogP contribution in [0.2, 0.25) is 0 Å². The van der Waals surface area contributed by atoms with Crippen molar-refractivity contribution in [3.63, 3.8) is 0 Å². The number of carbonyl (C=O) groups is 3. The maximum Gasteiger partial charge on any atom is 0.400 e. The number of quaternary nitrogens is 1. The van der Waals surface area contributed by atoms with Crippen LogP contribution in [0.5, 0.6) is 0 Å². The van der Waals surface area contributed by atoms with Crippen molar-refractivity contribution in [1.82, 2.24) is 56.0 Å². The molecule has 7 rings (SSSR count). The number of aliphatic carboxylic acids is 1. The molecule has 0 bridgehead atoms. The normalized spacial score (nSPS) is 20.4. The molecule has 3 aromatic carbocycles. The number of amides is 3. The number of hydrogen-bond donors (Lipinski definition) is 3. The van der Waals surface area contributed by atoms with Crippen LogP contribution in [0.25, 0.3) is 0 Å². The van der Waals surface area contributed by atoms with E-state index < -0.39 is 22.1 Å². The van der Waals surface area contributed by atoms with Crippen molar-refractivity contribution in [2.24, 2.45) is 5.10 Å². The summed E-state index contributed by atoms with van der Waals surface area (Å²) in [5.41, 5.74) is 7.78. The third-order valence-corrected chi connectivity index (χ3v) is 11.8. The highest BCUT2D eigenvalue weighted by molar-refractivity contribution is 5.94. The SMILES string of the molecule is CON1NN=C(n2cnnn2)[N+]1(CC(CCN1CCC(c2ccccc2)(N(C)C(=O)N2CCN(CCC(=O)O)CC2)CC1)c1ccc(F)cc1)NC(=O)c1ccccc1. The highest BCUT2D eigenvalue weighted by Gasteiger charge is 2.54. The summed E-state index contributed by atoms with van der Waals surface area (Å²) in [7, 11) is 3.35. The van der Waals surface area contributed by atoms with Gasteiger partial charge in [-0.05, 0) is 76.3 Å². The van der Waals surface area contributed by atoms with E-state index in [1.54, 1.807) is 36.4 Å². The van der Waals surface area contributed by atoms with Crippen LogP contribution in [0.1, 0.15) is 53.1 Å². The van der Waals surface area contributed by atoms with Gasteiger partial charge in [-0.1, -0.05) is 65.8 Å². The number of hydrazine groups is 1. The highest BCUT2D eigenvalue weighted by atomic mass is 19.1. The van der Waals surface area contributed by atoms with Crippen LogP contribution in [0.3, 0.4) is 0 Å². The number of nitrogens with zero attached hydrogens (tertiary/aromatic N) is 11. The first kappa shape index (κ1) is 41.3. The summed E-state index contributed by atoms with van der Waals surface area (Å²) < 4.78 is 15.2. The van der Waals surface area contributed by atoms with Crippen molar-refractivity contribution in [2.45, 2.75) is 37.1 Å². The van der Waals surface area contributed by atoms with Gasteiger partial charge in [-0.2, -0.15) is 11.0 Å². The van der Waals surface area contributed by atoms with Gasteiger partial charge in [0.25, 0.3) is 5.91 Å². The maximum atomic E-state index is 14.4. The van der Waals surface area contributed by atoms with Crippen LogP contribution in [0.15, 0.2) is 96.4 Å². The number of halogens is 1. The van der Waals surface area contributed by atoms with Crippen molar-refractivity contribution in [1.29, 1.82) is 0 Å². The summed E-state index contributed by atoms with van der Waals surface area (Å²) in [5, 5.41) is 26.6. The van der Waals surface area contributed by atoms with Gasteiger partial charge in [-0.25, -0.2) is 14.0 Å². The standard InChI is InChI=1S/C40H50FN13O5/c1-48(39(58)51-27-25-50(26-28-51)22-18-36(55)56)40(34-11-7-4-8-12-34)19-23-49(24-20-40)21-17-33(31-13-15-35(41)16-14-31)29-54(44-37(57)32-9-5-3-6-10-32)38(43-46-53(54)59-2)52-30-42-45-47-52/h3-16,30,33,46H,17-29H2,1-2H3,(H-,44,55,56,57)/p+1. The van der Waals surface area contributed by atoms with Gasteiger partial charge >= 0.3 is 18.0 Å². The summed E-state index contributed by atoms with van der Waals surface area (Å²) in [6.07, 6.45) is 3.46. The number of tetrazole rings is 1. The summed E-state index contributed by atoms with van der Waals surface area (Å²) in [5.74, 6) is -1.66. The molecule has 2 atom stereocenters. The lowest BCUT2D eigenvalue weighted by Crippen LogP contribution is -2.72. The minimum atomic E-state index is -0.825. The van der Waals surface area contributed by atoms with Crippen LogP contribution in [0.4, 0.5) is 9.18 Å². The highest BCUT2D eigenvalue weighted by Crippen LogP contribution is 2.39. The number of carbonyl (C=O) groups excluding carboxylic acids is 2. The summed E-state index contributed by atoms with van der Waals surface area (Å²) in [6.45, 7) is 5.05. The molecule has 3 aliphatic rings. The molecule has 3 aliphatic heterocycles. The van der Waals surface area contributed by atoms with E-state index in [-0.39, 0.29) is 36.7 Å². The van der Waals surface area contributed by atoms with Gasteiger partial charge in [-0.3, -0.25) is 14.5 Å². The van der Waals surface area contributed by atoms with Crippen LogP contribution in [-0.2, 0) is 15.2 Å². The number of urea groups is 1. The number of rotatable bonds is 14. The predicted molar refractivity (Wildman–Crippen MR) is 213 cm³/mol. The molecule has 3 N–H and O–H groups in total. The van der Waals surface area contributed by atoms with Crippen molar-refractivity contribution in [3.8, 4) is 0 Å². The fraction of sp³-hybridized carbons (Fsp3) is 0.425. The van der Waals surface area contributed by atoms with Crippen LogP contribution >= 0.6 is 0 Å². The lowest BCUT2D eigenvalue weighted by molar-refractivity contribution is -1.03. The minimum absolute atomic E-state index is 0.0369. The first-order valence-corrected chi connectivity index (χ1v) is 19.8. The van der Waals surface area contributed by atoms with Gasteiger partial charge in [0, 0.05) is 64.3 Å². The molecule has 59 heavy (non-hydrogen) atoms. The Kier molecular flexibility index (Phi) is 12.9. The Morgan fingerprint density at radius 1 is 0.932 bits per heavy atom. The summed E-state index contributed by atoms with van der Waals surface area (Å²) in [6, 6.07) is 25.3. The lowest BCUT2D eigenvalue weighted by Gasteiger charge is -2.49. The third kappa shape index (κ3) is 9.08. The minimum Gasteiger partial charge on any atom is -0.481 e. The Balaban J connectivity index is 1.11. The largest absolute Gasteiger partial charge is 0.481 e. The molecular formula is C40H51FN13O5+. The van der Waals surface area contributed by atoms with Gasteiger partial charge in [-0.15, -0.1) is 9.78 Å². The van der Waals surface area contributed by atoms with E-state index >= 15 is 0 Å². The number of carboxylic acids is 1. The molecule has 2 saturated heterocycles. The van der Waals surface area contributed by atoms with E-state index in [1.807, 2.05) is 41.1 Å². The fourth-order valence-corrected chi connectivity index (χ4v) is 8.38. The van der Waals surface area contributed by atoms with Gasteiger partial charge in [0.1, 0.15) is 17.6 Å². The topological polar surface area (TPSA) is 177 Å². The first-order valence-electron chi connectivity index (χ1n) is 19.8. The van der Waals surface area contributed by atoms with E-state index in [1.165, 1.54) is 35.5 Å². The van der Waals surface area contributed by atoms with Gasteiger partial charge in [0.05, 0.1) is 19.1 Å². The molecule has 1 aromatic heterocycles. The molecule has 2 fully saturated rings. The second kappa shape index (κ2) is 18.4. The molecule has 312 valence electrons. The Morgan fingerprint density at radius 2 is 1.59 bits per heavy atom. The summed E-state index contributed by atoms with van der Waals surface area (Å²) in [4.78, 5) is 53.3. The number of likely N-dealkylation sites (tertiary alicyclic amines) is 1. The molecule has 0 aliphatic carbocycles. The molecule has 0 saturated carbocycles. The average molecular weight is 813 g/mol. The van der Waals surface area contributed by atoms with Gasteiger partial charge < -0.3 is 19.8 Å². The number of carboxylic acid groups (broad SMARTS) is 1. The molecule has 0 radical (unpaired) electrons. The second-order valence-corrected chi connectivity index (χ2v) is 15.1. The zero-order valence-electron chi connectivity index (χ0n) is 33.3. The number of hydrogen-bond acceptors (Lipinski definition) is 12. The van der Waals surface area contributed by atoms with E-state index in [0.29, 0.717) is 77.2 Å². The quantitative estimate of drug-likeness (QED) is 0.159. The number of piperidine rings is 1. The number of aromatic nitrogens is 4. The first-order chi connectivity index (χ1) is 28.6. The van der Waals surface area contributed by atoms with Crippen LogP contribution in [-0.4, -0.2) is 152 Å². The molecule has 4 heterocycles. The van der Waals surface area contributed by atoms with Crippen LogP contribution in [0, 0.1) is 5.82 Å². The number of nitrogens with one attached hydrogen (secondary N) is 2. The monoisotopic (exact) mass is 812 g/mol. The smallest absolute Gasteiger partial charge is 0.400 e. The molecule has 3 amide bonds. The van der Waals surface area contributed by atoms with Crippen molar-refractivity contribution in [3.05, 3.63) is 114 Å². The summed E-state index contributed by atoms with van der Waals surface area (Å²) >= 11 is 0. The molecule has 2 unspecified atom stereocenters. The molecule has 19 heteroatoms. The third-order valence-electron chi connectivity index (χ3n) is 11.8. The molecule has 4 aromatic rings. The zero-order chi connectivity index (χ0) is 41.4. The maximum absolute atomic E-state index is 14.4. The second-order valence-electron chi connectivity index (χ2n) is 15.1. The lowest BCUT2D eigenvalue weighted by atomic mass is 9.79. The Bertz CT molecular complexity index is 2050. The zero-order valence-corrected chi connectivity index (χ0v) is 33.3.